The Bertz CT molecular complexity index is 1060. The Labute approximate surface area is 185 Å². The van der Waals surface area contributed by atoms with Gasteiger partial charge in [0, 0.05) is 25.8 Å². The van der Waals surface area contributed by atoms with E-state index < -0.39 is 0 Å². The number of hydrogen-bond acceptors (Lipinski definition) is 4. The minimum Gasteiger partial charge on any atom is -0.356 e. The Morgan fingerprint density at radius 3 is 2.68 bits per heavy atom. The molecule has 2 fully saturated rings. The second-order valence-electron chi connectivity index (χ2n) is 8.43. The molecule has 3 aromatic rings. The molecule has 1 atom stereocenters. The van der Waals surface area contributed by atoms with E-state index >= 15 is 0 Å². The molecule has 160 valence electrons. The van der Waals surface area contributed by atoms with Gasteiger partial charge in [-0.25, -0.2) is 4.68 Å². The number of para-hydroxylation sites is 1. The predicted octanol–water partition coefficient (Wildman–Crippen LogP) is 3.98. The van der Waals surface area contributed by atoms with E-state index in [4.69, 9.17) is 5.10 Å². The van der Waals surface area contributed by atoms with Crippen LogP contribution in [0, 0.1) is 11.8 Å². The van der Waals surface area contributed by atoms with Crippen molar-refractivity contribution in [2.75, 3.05) is 19.6 Å². The van der Waals surface area contributed by atoms with Crippen molar-refractivity contribution >= 4 is 23.2 Å². The second kappa shape index (κ2) is 8.67. The van der Waals surface area contributed by atoms with Gasteiger partial charge in [-0.3, -0.25) is 9.59 Å². The normalized spacial score (nSPS) is 18.7. The van der Waals surface area contributed by atoms with Crippen molar-refractivity contribution in [3.8, 4) is 16.3 Å². The van der Waals surface area contributed by atoms with Crippen LogP contribution in [0.3, 0.4) is 0 Å². The number of carbonyl (C=O) groups is 2. The highest BCUT2D eigenvalue weighted by Crippen LogP contribution is 2.30. The third kappa shape index (κ3) is 4.42. The summed E-state index contributed by atoms with van der Waals surface area (Å²) >= 11 is 1.57. The number of rotatable bonds is 6. The quantitative estimate of drug-likeness (QED) is 0.638. The monoisotopic (exact) mass is 434 g/mol. The lowest BCUT2D eigenvalue weighted by Gasteiger charge is -2.32. The molecule has 1 saturated heterocycles. The highest BCUT2D eigenvalue weighted by molar-refractivity contribution is 7.13. The molecule has 1 aromatic carbocycles. The smallest absolute Gasteiger partial charge is 0.257 e. The molecule has 2 aromatic heterocycles. The van der Waals surface area contributed by atoms with Crippen LogP contribution in [0.25, 0.3) is 16.3 Å². The maximum absolute atomic E-state index is 13.6. The summed E-state index contributed by atoms with van der Waals surface area (Å²) in [6.07, 6.45) is 5.93. The maximum atomic E-state index is 13.6. The van der Waals surface area contributed by atoms with Gasteiger partial charge in [-0.15, -0.1) is 11.3 Å². The number of piperidine rings is 1. The van der Waals surface area contributed by atoms with E-state index in [2.05, 4.69) is 5.32 Å². The number of benzene rings is 1. The first-order valence-corrected chi connectivity index (χ1v) is 11.8. The first-order valence-electron chi connectivity index (χ1n) is 10.9. The number of likely N-dealkylation sites (tertiary alicyclic amines) is 1. The molecule has 5 rings (SSSR count). The summed E-state index contributed by atoms with van der Waals surface area (Å²) in [4.78, 5) is 29.0. The SMILES string of the molecule is O=C(NCC1CC1)[C@H]1CCCN(C(=O)c2cn(-c3ccccc3)nc2-c2cccs2)C1. The molecular formula is C24H26N4O2S. The Morgan fingerprint density at radius 1 is 1.10 bits per heavy atom. The molecule has 7 heteroatoms. The lowest BCUT2D eigenvalue weighted by molar-refractivity contribution is -0.126. The zero-order valence-electron chi connectivity index (χ0n) is 17.4. The van der Waals surface area contributed by atoms with E-state index in [9.17, 15) is 9.59 Å². The minimum atomic E-state index is -0.134. The topological polar surface area (TPSA) is 67.2 Å². The minimum absolute atomic E-state index is 0.0507. The summed E-state index contributed by atoms with van der Waals surface area (Å²) in [5.74, 6) is 0.557. The molecule has 0 spiro atoms. The van der Waals surface area contributed by atoms with Crippen molar-refractivity contribution in [2.24, 2.45) is 11.8 Å². The Morgan fingerprint density at radius 2 is 1.94 bits per heavy atom. The zero-order chi connectivity index (χ0) is 21.2. The van der Waals surface area contributed by atoms with E-state index in [0.29, 0.717) is 30.3 Å². The third-order valence-electron chi connectivity index (χ3n) is 6.06. The van der Waals surface area contributed by atoms with Crippen molar-refractivity contribution in [3.63, 3.8) is 0 Å². The van der Waals surface area contributed by atoms with Gasteiger partial charge in [-0.2, -0.15) is 5.10 Å². The molecule has 1 aliphatic carbocycles. The Balaban J connectivity index is 1.38. The van der Waals surface area contributed by atoms with E-state index in [1.165, 1.54) is 12.8 Å². The summed E-state index contributed by atoms with van der Waals surface area (Å²) in [6, 6.07) is 13.8. The van der Waals surface area contributed by atoms with Gasteiger partial charge in [0.25, 0.3) is 5.91 Å². The number of carbonyl (C=O) groups excluding carboxylic acids is 2. The number of nitrogens with one attached hydrogen (secondary N) is 1. The van der Waals surface area contributed by atoms with E-state index in [0.717, 1.165) is 30.0 Å². The first-order chi connectivity index (χ1) is 15.2. The molecular weight excluding hydrogens is 408 g/mol. The lowest BCUT2D eigenvalue weighted by atomic mass is 9.96. The number of nitrogens with zero attached hydrogens (tertiary/aromatic N) is 3. The van der Waals surface area contributed by atoms with Crippen LogP contribution < -0.4 is 5.32 Å². The first kappa shape index (κ1) is 20.0. The molecule has 2 aliphatic rings. The summed E-state index contributed by atoms with van der Waals surface area (Å²) in [5, 5.41) is 9.82. The van der Waals surface area contributed by atoms with Crippen molar-refractivity contribution in [1.82, 2.24) is 20.0 Å². The van der Waals surface area contributed by atoms with Crippen LogP contribution in [-0.2, 0) is 4.79 Å². The molecule has 1 saturated carbocycles. The predicted molar refractivity (Wildman–Crippen MR) is 121 cm³/mol. The van der Waals surface area contributed by atoms with Crippen LogP contribution >= 0.6 is 11.3 Å². The van der Waals surface area contributed by atoms with Crippen LogP contribution in [0.2, 0.25) is 0 Å². The number of aromatic nitrogens is 2. The van der Waals surface area contributed by atoms with Gasteiger partial charge >= 0.3 is 0 Å². The second-order valence-corrected chi connectivity index (χ2v) is 9.38. The highest BCUT2D eigenvalue weighted by atomic mass is 32.1. The average Bonchev–Trinajstić information content (AvgIpc) is 3.29. The van der Waals surface area contributed by atoms with E-state index in [1.54, 1.807) is 16.0 Å². The van der Waals surface area contributed by atoms with Crippen LogP contribution in [0.5, 0.6) is 0 Å². The molecule has 3 heterocycles. The summed E-state index contributed by atoms with van der Waals surface area (Å²) in [5.41, 5.74) is 2.20. The molecule has 6 nitrogen and oxygen atoms in total. The van der Waals surface area contributed by atoms with Crippen LogP contribution in [0.15, 0.2) is 54.0 Å². The van der Waals surface area contributed by atoms with Crippen molar-refractivity contribution < 1.29 is 9.59 Å². The molecule has 2 amide bonds. The van der Waals surface area contributed by atoms with Crippen molar-refractivity contribution in [1.29, 1.82) is 0 Å². The van der Waals surface area contributed by atoms with Gasteiger partial charge in [0.15, 0.2) is 0 Å². The lowest BCUT2D eigenvalue weighted by Crippen LogP contribution is -2.45. The fraction of sp³-hybridized carbons (Fsp3) is 0.375. The number of thiophene rings is 1. The Hall–Kier alpha value is -2.93. The molecule has 0 radical (unpaired) electrons. The van der Waals surface area contributed by atoms with E-state index in [-0.39, 0.29) is 17.7 Å². The summed E-state index contributed by atoms with van der Waals surface area (Å²) < 4.78 is 1.77. The highest BCUT2D eigenvalue weighted by Gasteiger charge is 2.32. The number of amides is 2. The molecule has 31 heavy (non-hydrogen) atoms. The van der Waals surface area contributed by atoms with Crippen LogP contribution in [0.1, 0.15) is 36.0 Å². The van der Waals surface area contributed by atoms with E-state index in [1.807, 2.05) is 58.9 Å². The van der Waals surface area contributed by atoms with Crippen molar-refractivity contribution in [3.05, 3.63) is 59.6 Å². The van der Waals surface area contributed by atoms with Crippen molar-refractivity contribution in [2.45, 2.75) is 25.7 Å². The van der Waals surface area contributed by atoms with Gasteiger partial charge in [0.1, 0.15) is 5.69 Å². The van der Waals surface area contributed by atoms with Gasteiger partial charge in [-0.05, 0) is 55.2 Å². The fourth-order valence-corrected chi connectivity index (χ4v) is 4.82. The standard InChI is InChI=1S/C24H26N4O2S/c29-23(25-14-17-10-11-17)18-6-4-12-27(15-18)24(30)20-16-28(19-7-2-1-3-8-19)26-22(20)21-9-5-13-31-21/h1-3,5,7-9,13,16-18H,4,6,10-12,14-15H2,(H,25,29)/t18-/m0/s1. The molecule has 1 aliphatic heterocycles. The largest absolute Gasteiger partial charge is 0.356 e. The summed E-state index contributed by atoms with van der Waals surface area (Å²) in [7, 11) is 0. The van der Waals surface area contributed by atoms with Gasteiger partial charge in [-0.1, -0.05) is 24.3 Å². The fourth-order valence-electron chi connectivity index (χ4n) is 4.10. The average molecular weight is 435 g/mol. The summed E-state index contributed by atoms with van der Waals surface area (Å²) in [6.45, 7) is 1.91. The third-order valence-corrected chi connectivity index (χ3v) is 6.94. The zero-order valence-corrected chi connectivity index (χ0v) is 18.2. The van der Waals surface area contributed by atoms with Gasteiger partial charge in [0.05, 0.1) is 22.0 Å². The van der Waals surface area contributed by atoms with Gasteiger partial charge < -0.3 is 10.2 Å². The maximum Gasteiger partial charge on any atom is 0.257 e. The Kier molecular flexibility index (Phi) is 5.59. The molecule has 1 N–H and O–H groups in total. The molecule has 0 unspecified atom stereocenters. The van der Waals surface area contributed by atoms with Crippen LogP contribution in [-0.4, -0.2) is 46.1 Å². The number of hydrogen-bond donors (Lipinski definition) is 1. The molecule has 0 bridgehead atoms. The van der Waals surface area contributed by atoms with Gasteiger partial charge in [0.2, 0.25) is 5.91 Å². The van der Waals surface area contributed by atoms with Crippen LogP contribution in [0.4, 0.5) is 0 Å².